The van der Waals surface area contributed by atoms with Crippen LogP contribution in [-0.2, 0) is 29.2 Å². The summed E-state index contributed by atoms with van der Waals surface area (Å²) in [5, 5.41) is 0. The first-order valence-corrected chi connectivity index (χ1v) is 34.9. The Kier molecular flexibility index (Phi) is 68.4. The fraction of sp³-hybridized carbons (Fsp3) is 1.00. The maximum Gasteiger partial charge on any atom is 2.00 e. The predicted molar refractivity (Wildman–Crippen MR) is 316 cm³/mol. The van der Waals surface area contributed by atoms with Crippen LogP contribution in [0, 0.1) is 11.8 Å². The van der Waals surface area contributed by atoms with Gasteiger partial charge in [0.05, 0.1) is 13.2 Å². The Balaban J connectivity index is -0.00000132. The normalized spacial score (nSPS) is 12.7. The van der Waals surface area contributed by atoms with Crippen LogP contribution in [0.4, 0.5) is 0 Å². The molecule has 0 aliphatic rings. The summed E-state index contributed by atoms with van der Waals surface area (Å²) in [6, 6.07) is 0. The summed E-state index contributed by atoms with van der Waals surface area (Å²) < 4.78 is 74.6. The molecule has 0 N–H and O–H groups in total. The van der Waals surface area contributed by atoms with E-state index in [1.54, 1.807) is 0 Å². The number of hydrogen-bond acceptors (Lipinski definition) is 8. The molecule has 2 unspecified atom stereocenters. The van der Waals surface area contributed by atoms with Gasteiger partial charge in [0.1, 0.15) is 0 Å². The van der Waals surface area contributed by atoms with Crippen LogP contribution in [-0.4, -0.2) is 76.9 Å². The minimum atomic E-state index is -4.58. The molecule has 0 aliphatic carbocycles. The molecule has 0 fully saturated rings. The van der Waals surface area contributed by atoms with Gasteiger partial charge in [0, 0.05) is 0 Å². The third-order valence-corrected chi connectivity index (χ3v) is 16.1. The molecule has 0 spiro atoms. The quantitative estimate of drug-likeness (QED) is 0.0254. The second-order valence-electron chi connectivity index (χ2n) is 22.5. The maximum absolute atomic E-state index is 10.9. The number of unbranched alkanes of at least 4 members (excludes halogenated alkanes) is 46. The third-order valence-electron chi connectivity index (χ3n) is 15.3. The van der Waals surface area contributed by atoms with Gasteiger partial charge < -0.3 is 9.11 Å². The van der Waals surface area contributed by atoms with Crippen molar-refractivity contribution in [1.29, 1.82) is 0 Å². The molecule has 0 aromatic heterocycles. The fourth-order valence-corrected chi connectivity index (χ4v) is 11.1. The van der Waals surface area contributed by atoms with E-state index >= 15 is 0 Å². The molecule has 0 aliphatic heterocycles. The first kappa shape index (κ1) is 78.2. The van der Waals surface area contributed by atoms with Gasteiger partial charge >= 0.3 is 37.7 Å². The maximum atomic E-state index is 10.9. The van der Waals surface area contributed by atoms with Gasteiger partial charge in [-0.2, -0.15) is 0 Å². The van der Waals surface area contributed by atoms with Gasteiger partial charge in [-0.3, -0.25) is 8.37 Å². The molecule has 11 heteroatoms. The van der Waals surface area contributed by atoms with Crippen LogP contribution in [0.25, 0.3) is 0 Å². The summed E-state index contributed by atoms with van der Waals surface area (Å²) in [5.41, 5.74) is 0. The van der Waals surface area contributed by atoms with E-state index in [2.05, 4.69) is 36.1 Å². The zero-order valence-electron chi connectivity index (χ0n) is 49.5. The molecule has 0 aromatic carbocycles. The molecule has 0 radical (unpaired) electrons. The van der Waals surface area contributed by atoms with E-state index < -0.39 is 20.8 Å². The van der Waals surface area contributed by atoms with Crippen LogP contribution in [0.3, 0.4) is 0 Å². The van der Waals surface area contributed by atoms with Crippen molar-refractivity contribution in [3.63, 3.8) is 0 Å². The molecule has 0 bridgehead atoms. The third kappa shape index (κ3) is 73.0. The van der Waals surface area contributed by atoms with Crippen molar-refractivity contribution < 1.29 is 34.3 Å². The molecule has 0 saturated heterocycles. The Hall–Kier alpha value is 1.000. The van der Waals surface area contributed by atoms with Gasteiger partial charge in [-0.1, -0.05) is 349 Å². The summed E-state index contributed by atoms with van der Waals surface area (Å²) in [4.78, 5) is 0. The minimum absolute atomic E-state index is 0. The van der Waals surface area contributed by atoms with Crippen LogP contribution >= 0.6 is 0 Å². The number of hydrogen-bond donors (Lipinski definition) is 0. The zero-order valence-corrected chi connectivity index (χ0v) is 53.4. The molecule has 8 nitrogen and oxygen atoms in total. The molecule has 0 aromatic rings. The minimum Gasteiger partial charge on any atom is -0.726 e. The van der Waals surface area contributed by atoms with E-state index in [9.17, 15) is 25.9 Å². The van der Waals surface area contributed by atoms with E-state index in [0.29, 0.717) is 0 Å². The Morgan fingerprint density at radius 3 is 0.493 bits per heavy atom. The molecule has 0 amide bonds. The standard InChI is InChI=1S/2C31H64O4S.Ca/c2*1-3-5-7-9-11-13-14-15-16-17-18-19-20-21-23-25-27-29-31(30-35-36(32,33)34)28-26-24-22-12-10-8-6-4-2;/h2*31H,3-30H2,1-2H3,(H,32,33,34);/q;;+2/p-2. The second-order valence-corrected chi connectivity index (χ2v) is 24.6. The average Bonchev–Trinajstić information content (AvgIpc) is 3.35. The van der Waals surface area contributed by atoms with Crippen molar-refractivity contribution in [3.05, 3.63) is 0 Å². The zero-order chi connectivity index (χ0) is 53.2. The van der Waals surface area contributed by atoms with Crippen LogP contribution in [0.2, 0.25) is 0 Å². The topological polar surface area (TPSA) is 133 Å². The fourth-order valence-electron chi connectivity index (χ4n) is 10.4. The van der Waals surface area contributed by atoms with Crippen LogP contribution in [0.5, 0.6) is 0 Å². The van der Waals surface area contributed by atoms with Crippen LogP contribution < -0.4 is 0 Å². The smallest absolute Gasteiger partial charge is 0.726 e. The van der Waals surface area contributed by atoms with Crippen molar-refractivity contribution in [2.45, 2.75) is 374 Å². The van der Waals surface area contributed by atoms with E-state index in [0.717, 1.165) is 51.4 Å². The molecule has 0 saturated carbocycles. The van der Waals surface area contributed by atoms with Gasteiger partial charge in [-0.25, -0.2) is 16.8 Å². The van der Waals surface area contributed by atoms with Crippen molar-refractivity contribution in [2.24, 2.45) is 11.8 Å². The Labute approximate surface area is 488 Å². The summed E-state index contributed by atoms with van der Waals surface area (Å²) in [6.45, 7) is 9.18. The number of rotatable bonds is 60. The van der Waals surface area contributed by atoms with Gasteiger partial charge in [-0.15, -0.1) is 0 Å². The molecule has 0 rings (SSSR count). The molecule has 436 valence electrons. The van der Waals surface area contributed by atoms with E-state index in [1.165, 1.54) is 295 Å². The summed E-state index contributed by atoms with van der Waals surface area (Å²) in [5.74, 6) is 0.398. The van der Waals surface area contributed by atoms with Crippen molar-refractivity contribution in [2.75, 3.05) is 13.2 Å². The Morgan fingerprint density at radius 1 is 0.247 bits per heavy atom. The Bertz CT molecular complexity index is 1140. The van der Waals surface area contributed by atoms with E-state index in [-0.39, 0.29) is 62.8 Å². The van der Waals surface area contributed by atoms with Gasteiger partial charge in [-0.05, 0) is 37.5 Å². The molecule has 0 heterocycles. The molecule has 2 atom stereocenters. The van der Waals surface area contributed by atoms with Crippen molar-refractivity contribution in [1.82, 2.24) is 0 Å². The van der Waals surface area contributed by atoms with Gasteiger partial charge in [0.25, 0.3) is 0 Å². The van der Waals surface area contributed by atoms with E-state index in [1.807, 2.05) is 0 Å². The predicted octanol–water partition coefficient (Wildman–Crippen LogP) is 20.9. The first-order valence-electron chi connectivity index (χ1n) is 32.2. The summed E-state index contributed by atoms with van der Waals surface area (Å²) >= 11 is 0. The van der Waals surface area contributed by atoms with Crippen molar-refractivity contribution in [3.8, 4) is 0 Å². The molecular weight excluding hydrogens is 977 g/mol. The van der Waals surface area contributed by atoms with E-state index in [4.69, 9.17) is 0 Å². The molecular formula is C62H126CaO8S2. The van der Waals surface area contributed by atoms with Crippen LogP contribution in [0.1, 0.15) is 374 Å². The summed E-state index contributed by atoms with van der Waals surface area (Å²) in [7, 11) is -9.16. The Morgan fingerprint density at radius 2 is 0.370 bits per heavy atom. The van der Waals surface area contributed by atoms with Gasteiger partial charge in [0.2, 0.25) is 20.8 Å². The van der Waals surface area contributed by atoms with Crippen molar-refractivity contribution >= 4 is 58.5 Å². The average molecular weight is 1100 g/mol. The first-order chi connectivity index (χ1) is 35.0. The SMILES string of the molecule is CCCCCCCCCCCCCCCCCCCC(CCCCCCCCCC)COS(=O)(=O)[O-].CCCCCCCCCCCCCCCCCCCC(CCCCCCCCCC)COS(=O)(=O)[O-].[Ca+2]. The van der Waals surface area contributed by atoms with Crippen LogP contribution in [0.15, 0.2) is 0 Å². The second kappa shape index (κ2) is 63.8. The van der Waals surface area contributed by atoms with Gasteiger partial charge in [0.15, 0.2) is 0 Å². The monoisotopic (exact) mass is 1100 g/mol. The largest absolute Gasteiger partial charge is 2.00 e. The molecule has 73 heavy (non-hydrogen) atoms. The summed E-state index contributed by atoms with van der Waals surface area (Å²) in [6.07, 6.45) is 70.5.